The molecule has 0 saturated carbocycles. The molecular formula is C24H27N5O3S. The number of amides is 2. The summed E-state index contributed by atoms with van der Waals surface area (Å²) in [6.45, 7) is 7.60. The summed E-state index contributed by atoms with van der Waals surface area (Å²) in [4.78, 5) is 31.7. The molecule has 9 heteroatoms. The van der Waals surface area contributed by atoms with Crippen molar-refractivity contribution in [1.82, 2.24) is 20.0 Å². The number of rotatable bonds is 6. The highest BCUT2D eigenvalue weighted by atomic mass is 32.1. The molecule has 0 radical (unpaired) electrons. The number of nitrogens with zero attached hydrogens (tertiary/aromatic N) is 5. The van der Waals surface area contributed by atoms with Crippen LogP contribution in [0.1, 0.15) is 34.0 Å². The Bertz CT molecular complexity index is 1120. The number of carbonyl (C=O) groups is 2. The predicted molar refractivity (Wildman–Crippen MR) is 129 cm³/mol. The van der Waals surface area contributed by atoms with Crippen molar-refractivity contribution in [3.8, 4) is 16.9 Å². The molecule has 1 aliphatic heterocycles. The summed E-state index contributed by atoms with van der Waals surface area (Å²) in [6, 6.07) is 12.4. The minimum atomic E-state index is -0.115. The van der Waals surface area contributed by atoms with Gasteiger partial charge in [-0.3, -0.25) is 9.59 Å². The molecule has 172 valence electrons. The lowest BCUT2D eigenvalue weighted by molar-refractivity contribution is 0.0746. The SMILES string of the molecule is CCN(CC)C(=O)c1ccc(N2CCN(C(=O)c3cc(-c4cccc(O)c4)cs3)CC2)nn1. The molecule has 3 heterocycles. The van der Waals surface area contributed by atoms with E-state index in [1.807, 2.05) is 42.3 Å². The van der Waals surface area contributed by atoms with Crippen molar-refractivity contribution in [3.63, 3.8) is 0 Å². The molecule has 0 spiro atoms. The lowest BCUT2D eigenvalue weighted by atomic mass is 10.1. The average Bonchev–Trinajstić information content (AvgIpc) is 3.35. The first-order valence-corrected chi connectivity index (χ1v) is 11.9. The fourth-order valence-electron chi connectivity index (χ4n) is 3.86. The number of carbonyl (C=O) groups excluding carboxylic acids is 2. The van der Waals surface area contributed by atoms with E-state index in [1.165, 1.54) is 11.3 Å². The van der Waals surface area contributed by atoms with Crippen molar-refractivity contribution in [2.24, 2.45) is 0 Å². The van der Waals surface area contributed by atoms with Gasteiger partial charge in [0.15, 0.2) is 11.5 Å². The number of anilines is 1. The monoisotopic (exact) mass is 465 g/mol. The molecule has 3 aromatic rings. The number of aromatic nitrogens is 2. The lowest BCUT2D eigenvalue weighted by Crippen LogP contribution is -2.49. The number of thiophene rings is 1. The summed E-state index contributed by atoms with van der Waals surface area (Å²) in [5.74, 6) is 0.810. The van der Waals surface area contributed by atoms with Crippen molar-refractivity contribution in [2.75, 3.05) is 44.2 Å². The van der Waals surface area contributed by atoms with E-state index in [4.69, 9.17) is 0 Å². The quantitative estimate of drug-likeness (QED) is 0.601. The topological polar surface area (TPSA) is 89.9 Å². The highest BCUT2D eigenvalue weighted by molar-refractivity contribution is 7.12. The van der Waals surface area contributed by atoms with Gasteiger partial charge in [0.25, 0.3) is 11.8 Å². The van der Waals surface area contributed by atoms with E-state index < -0.39 is 0 Å². The van der Waals surface area contributed by atoms with Gasteiger partial charge in [0.1, 0.15) is 5.75 Å². The summed E-state index contributed by atoms with van der Waals surface area (Å²) in [7, 11) is 0. The fourth-order valence-corrected chi connectivity index (χ4v) is 4.74. The van der Waals surface area contributed by atoms with Gasteiger partial charge in [0.2, 0.25) is 0 Å². The minimum Gasteiger partial charge on any atom is -0.508 e. The van der Waals surface area contributed by atoms with E-state index in [0.717, 1.165) is 11.1 Å². The third kappa shape index (κ3) is 4.98. The molecule has 1 aromatic carbocycles. The third-order valence-electron chi connectivity index (χ3n) is 5.80. The highest BCUT2D eigenvalue weighted by Crippen LogP contribution is 2.29. The Labute approximate surface area is 197 Å². The van der Waals surface area contributed by atoms with E-state index >= 15 is 0 Å². The van der Waals surface area contributed by atoms with Gasteiger partial charge >= 0.3 is 0 Å². The van der Waals surface area contributed by atoms with Crippen LogP contribution in [0.2, 0.25) is 0 Å². The molecule has 2 amide bonds. The number of benzene rings is 1. The third-order valence-corrected chi connectivity index (χ3v) is 6.72. The van der Waals surface area contributed by atoms with Crippen LogP contribution in [0.15, 0.2) is 47.8 Å². The van der Waals surface area contributed by atoms with Gasteiger partial charge in [0, 0.05) is 39.3 Å². The number of phenolic OH excluding ortho intramolecular Hbond substituents is 1. The molecule has 4 rings (SSSR count). The molecule has 1 aliphatic rings. The number of hydrogen-bond donors (Lipinski definition) is 1. The maximum atomic E-state index is 13.0. The first-order valence-electron chi connectivity index (χ1n) is 11.0. The van der Waals surface area contributed by atoms with Gasteiger partial charge in [-0.1, -0.05) is 12.1 Å². The van der Waals surface area contributed by atoms with Crippen LogP contribution in [0.4, 0.5) is 5.82 Å². The van der Waals surface area contributed by atoms with Crippen LogP contribution in [0.3, 0.4) is 0 Å². The van der Waals surface area contributed by atoms with Crippen LogP contribution in [-0.2, 0) is 0 Å². The number of aromatic hydroxyl groups is 1. The molecule has 0 aliphatic carbocycles. The van der Waals surface area contributed by atoms with Gasteiger partial charge in [-0.15, -0.1) is 21.5 Å². The smallest absolute Gasteiger partial charge is 0.274 e. The first kappa shape index (κ1) is 22.7. The van der Waals surface area contributed by atoms with E-state index in [1.54, 1.807) is 29.2 Å². The molecule has 33 heavy (non-hydrogen) atoms. The van der Waals surface area contributed by atoms with E-state index in [0.29, 0.717) is 55.7 Å². The maximum Gasteiger partial charge on any atom is 0.274 e. The molecule has 0 bridgehead atoms. The molecular weight excluding hydrogens is 438 g/mol. The van der Waals surface area contributed by atoms with Crippen molar-refractivity contribution >= 4 is 29.0 Å². The van der Waals surface area contributed by atoms with Crippen molar-refractivity contribution in [1.29, 1.82) is 0 Å². The Kier molecular flexibility index (Phi) is 6.88. The number of phenols is 1. The fraction of sp³-hybridized carbons (Fsp3) is 0.333. The zero-order chi connectivity index (χ0) is 23.4. The van der Waals surface area contributed by atoms with Crippen molar-refractivity contribution < 1.29 is 14.7 Å². The summed E-state index contributed by atoms with van der Waals surface area (Å²) in [5.41, 5.74) is 2.15. The Hall–Kier alpha value is -3.46. The Morgan fingerprint density at radius 2 is 1.76 bits per heavy atom. The average molecular weight is 466 g/mol. The summed E-state index contributed by atoms with van der Waals surface area (Å²) >= 11 is 1.41. The molecule has 8 nitrogen and oxygen atoms in total. The summed E-state index contributed by atoms with van der Waals surface area (Å²) in [6.07, 6.45) is 0. The van der Waals surface area contributed by atoms with Gasteiger partial charge in [-0.2, -0.15) is 0 Å². The van der Waals surface area contributed by atoms with Crippen molar-refractivity contribution in [3.05, 3.63) is 58.4 Å². The Balaban J connectivity index is 1.36. The van der Waals surface area contributed by atoms with Gasteiger partial charge in [-0.25, -0.2) is 0 Å². The number of piperazine rings is 1. The molecule has 2 aromatic heterocycles. The zero-order valence-electron chi connectivity index (χ0n) is 18.8. The summed E-state index contributed by atoms with van der Waals surface area (Å²) in [5, 5.41) is 20.0. The van der Waals surface area contributed by atoms with E-state index in [9.17, 15) is 14.7 Å². The van der Waals surface area contributed by atoms with Crippen LogP contribution >= 0.6 is 11.3 Å². The van der Waals surface area contributed by atoms with Crippen LogP contribution in [0.5, 0.6) is 5.75 Å². The van der Waals surface area contributed by atoms with Gasteiger partial charge in [-0.05, 0) is 60.7 Å². The maximum absolute atomic E-state index is 13.0. The molecule has 1 N–H and O–H groups in total. The van der Waals surface area contributed by atoms with Crippen LogP contribution in [0.25, 0.3) is 11.1 Å². The summed E-state index contributed by atoms with van der Waals surface area (Å²) < 4.78 is 0. The predicted octanol–water partition coefficient (Wildman–Crippen LogP) is 3.36. The van der Waals surface area contributed by atoms with E-state index in [-0.39, 0.29) is 17.6 Å². The molecule has 0 atom stereocenters. The molecule has 1 saturated heterocycles. The Morgan fingerprint density at radius 1 is 1.00 bits per heavy atom. The first-order chi connectivity index (χ1) is 16.0. The van der Waals surface area contributed by atoms with E-state index in [2.05, 4.69) is 15.1 Å². The largest absolute Gasteiger partial charge is 0.508 e. The molecule has 1 fully saturated rings. The standard InChI is InChI=1S/C24H27N5O3S/c1-3-27(4-2)23(31)20-8-9-22(26-25-20)28-10-12-29(13-11-28)24(32)21-15-18(16-33-21)17-6-5-7-19(30)14-17/h5-9,14-16,30H,3-4,10-13H2,1-2H3. The second kappa shape index (κ2) is 9.99. The molecule has 0 unspecified atom stereocenters. The zero-order valence-corrected chi connectivity index (χ0v) is 19.6. The van der Waals surface area contributed by atoms with Crippen molar-refractivity contribution in [2.45, 2.75) is 13.8 Å². The highest BCUT2D eigenvalue weighted by Gasteiger charge is 2.25. The second-order valence-electron chi connectivity index (χ2n) is 7.78. The van der Waals surface area contributed by atoms with Crippen LogP contribution < -0.4 is 4.90 Å². The van der Waals surface area contributed by atoms with Crippen LogP contribution in [-0.4, -0.2) is 76.2 Å². The minimum absolute atomic E-state index is 0.0114. The Morgan fingerprint density at radius 3 is 2.39 bits per heavy atom. The number of hydrogen-bond acceptors (Lipinski definition) is 7. The van der Waals surface area contributed by atoms with Crippen LogP contribution in [0, 0.1) is 0 Å². The second-order valence-corrected chi connectivity index (χ2v) is 8.69. The lowest BCUT2D eigenvalue weighted by Gasteiger charge is -2.35. The van der Waals surface area contributed by atoms with Gasteiger partial charge in [0.05, 0.1) is 4.88 Å². The normalized spacial score (nSPS) is 13.8. The van der Waals surface area contributed by atoms with Gasteiger partial charge < -0.3 is 19.8 Å².